The highest BCUT2D eigenvalue weighted by molar-refractivity contribution is 7.89. The Morgan fingerprint density at radius 1 is 1.28 bits per heavy atom. The number of nitrogens with one attached hydrogen (secondary N) is 1. The molecule has 0 saturated heterocycles. The van der Waals surface area contributed by atoms with E-state index in [2.05, 4.69) is 4.72 Å². The van der Waals surface area contributed by atoms with Crippen molar-refractivity contribution in [1.82, 2.24) is 4.72 Å². The topological polar surface area (TPSA) is 75.6 Å². The van der Waals surface area contributed by atoms with E-state index < -0.39 is 16.1 Å². The normalized spacial score (nSPS) is 13.3. The molecule has 1 aromatic carbocycles. The van der Waals surface area contributed by atoms with Gasteiger partial charge in [-0.3, -0.25) is 0 Å². The van der Waals surface area contributed by atoms with Gasteiger partial charge in [0.15, 0.2) is 0 Å². The van der Waals surface area contributed by atoms with Gasteiger partial charge in [-0.1, -0.05) is 6.92 Å². The molecular formula is C12H19NO4S. The molecule has 0 aliphatic carbocycles. The molecule has 0 aromatic heterocycles. The van der Waals surface area contributed by atoms with Gasteiger partial charge in [0, 0.05) is 6.04 Å². The summed E-state index contributed by atoms with van der Waals surface area (Å²) in [4.78, 5) is 0.165. The average molecular weight is 273 g/mol. The van der Waals surface area contributed by atoms with Crippen molar-refractivity contribution in [2.24, 2.45) is 0 Å². The van der Waals surface area contributed by atoms with Crippen LogP contribution in [0.15, 0.2) is 29.2 Å². The molecule has 5 nitrogen and oxygen atoms in total. The highest BCUT2D eigenvalue weighted by Gasteiger charge is 2.18. The molecular weight excluding hydrogens is 254 g/mol. The summed E-state index contributed by atoms with van der Waals surface area (Å²) in [6, 6.07) is 5.73. The Labute approximate surface area is 108 Å². The summed E-state index contributed by atoms with van der Waals surface area (Å²) in [6.07, 6.45) is 0.534. The van der Waals surface area contributed by atoms with E-state index in [9.17, 15) is 8.42 Å². The Bertz CT molecular complexity index is 451. The number of aliphatic hydroxyl groups is 1. The zero-order valence-electron chi connectivity index (χ0n) is 10.6. The number of hydrogen-bond acceptors (Lipinski definition) is 4. The van der Waals surface area contributed by atoms with Crippen molar-refractivity contribution in [3.63, 3.8) is 0 Å². The molecule has 1 atom stereocenters. The van der Waals surface area contributed by atoms with E-state index in [0.717, 1.165) is 0 Å². The number of sulfonamides is 1. The highest BCUT2D eigenvalue weighted by Crippen LogP contribution is 2.16. The van der Waals surface area contributed by atoms with Crippen molar-refractivity contribution in [1.29, 1.82) is 0 Å². The van der Waals surface area contributed by atoms with Gasteiger partial charge in [0.2, 0.25) is 10.0 Å². The summed E-state index contributed by atoms with van der Waals surface area (Å²) < 4.78 is 31.6. The van der Waals surface area contributed by atoms with Crippen LogP contribution in [-0.4, -0.2) is 32.8 Å². The number of hydrogen-bond donors (Lipinski definition) is 2. The van der Waals surface area contributed by atoms with Crippen LogP contribution in [0.4, 0.5) is 0 Å². The minimum absolute atomic E-state index is 0.165. The first kappa shape index (κ1) is 14.9. The maximum Gasteiger partial charge on any atom is 0.240 e. The second-order valence-corrected chi connectivity index (χ2v) is 5.53. The number of ether oxygens (including phenoxy) is 1. The van der Waals surface area contributed by atoms with E-state index >= 15 is 0 Å². The van der Waals surface area contributed by atoms with Gasteiger partial charge >= 0.3 is 0 Å². The lowest BCUT2D eigenvalue weighted by molar-refractivity contribution is 0.254. The first-order valence-corrected chi connectivity index (χ1v) is 7.37. The minimum atomic E-state index is -3.58. The summed E-state index contributed by atoms with van der Waals surface area (Å²) in [7, 11) is -3.58. The molecule has 1 unspecified atom stereocenters. The lowest BCUT2D eigenvalue weighted by Crippen LogP contribution is -2.36. The first-order valence-electron chi connectivity index (χ1n) is 5.89. The molecule has 0 aliphatic rings. The Kier molecular flexibility index (Phi) is 5.58. The molecule has 0 amide bonds. The van der Waals surface area contributed by atoms with Crippen molar-refractivity contribution in [2.75, 3.05) is 13.2 Å². The molecule has 0 fully saturated rings. The van der Waals surface area contributed by atoms with E-state index in [1.54, 1.807) is 12.1 Å². The first-order chi connectivity index (χ1) is 8.53. The summed E-state index contributed by atoms with van der Waals surface area (Å²) in [5.74, 6) is 0.630. The molecule has 0 saturated carbocycles. The van der Waals surface area contributed by atoms with Gasteiger partial charge in [0.1, 0.15) is 5.75 Å². The van der Waals surface area contributed by atoms with Gasteiger partial charge in [-0.25, -0.2) is 13.1 Å². The Balaban J connectivity index is 2.84. The van der Waals surface area contributed by atoms with E-state index in [-0.39, 0.29) is 11.5 Å². The van der Waals surface area contributed by atoms with Crippen LogP contribution < -0.4 is 9.46 Å². The number of benzene rings is 1. The Hall–Kier alpha value is -1.11. The smallest absolute Gasteiger partial charge is 0.240 e. The fraction of sp³-hybridized carbons (Fsp3) is 0.500. The molecule has 0 bridgehead atoms. The van der Waals surface area contributed by atoms with Gasteiger partial charge in [-0.15, -0.1) is 0 Å². The number of aliphatic hydroxyl groups excluding tert-OH is 1. The monoisotopic (exact) mass is 273 g/mol. The quantitative estimate of drug-likeness (QED) is 0.781. The van der Waals surface area contributed by atoms with Crippen LogP contribution in [0.25, 0.3) is 0 Å². The van der Waals surface area contributed by atoms with E-state index in [1.807, 2.05) is 13.8 Å². The lowest BCUT2D eigenvalue weighted by atomic mass is 10.3. The fourth-order valence-electron chi connectivity index (χ4n) is 1.42. The summed E-state index contributed by atoms with van der Waals surface area (Å²) in [6.45, 7) is 3.99. The molecule has 1 aromatic rings. The van der Waals surface area contributed by atoms with Crippen molar-refractivity contribution >= 4 is 10.0 Å². The molecule has 102 valence electrons. The van der Waals surface area contributed by atoms with Crippen LogP contribution in [0, 0.1) is 0 Å². The SMILES string of the molecule is CCOc1ccc(S(=O)(=O)NC(CC)CO)cc1. The standard InChI is InChI=1S/C12H19NO4S/c1-3-10(9-14)13-18(15,16)12-7-5-11(6-8-12)17-4-2/h5-8,10,13-14H,3-4,9H2,1-2H3. The molecule has 0 aliphatic heterocycles. The maximum absolute atomic E-state index is 12.0. The largest absolute Gasteiger partial charge is 0.494 e. The molecule has 6 heteroatoms. The van der Waals surface area contributed by atoms with E-state index in [4.69, 9.17) is 9.84 Å². The summed E-state index contributed by atoms with van der Waals surface area (Å²) >= 11 is 0. The molecule has 2 N–H and O–H groups in total. The van der Waals surface area contributed by atoms with Crippen molar-refractivity contribution < 1.29 is 18.3 Å². The third-order valence-corrected chi connectivity index (χ3v) is 4.02. The molecule has 0 spiro atoms. The highest BCUT2D eigenvalue weighted by atomic mass is 32.2. The van der Waals surface area contributed by atoms with Crippen LogP contribution in [0.5, 0.6) is 5.75 Å². The summed E-state index contributed by atoms with van der Waals surface area (Å²) in [5.41, 5.74) is 0. The van der Waals surface area contributed by atoms with Crippen molar-refractivity contribution in [3.05, 3.63) is 24.3 Å². The third kappa shape index (κ3) is 3.97. The van der Waals surface area contributed by atoms with Crippen molar-refractivity contribution in [3.8, 4) is 5.75 Å². The van der Waals surface area contributed by atoms with Crippen LogP contribution in [-0.2, 0) is 10.0 Å². The minimum Gasteiger partial charge on any atom is -0.494 e. The van der Waals surface area contributed by atoms with Gasteiger partial charge in [-0.05, 0) is 37.6 Å². The van der Waals surface area contributed by atoms with Crippen LogP contribution >= 0.6 is 0 Å². The number of rotatable bonds is 7. The molecule has 0 heterocycles. The maximum atomic E-state index is 12.0. The van der Waals surface area contributed by atoms with Crippen LogP contribution in [0.3, 0.4) is 0 Å². The van der Waals surface area contributed by atoms with Gasteiger partial charge in [0.05, 0.1) is 18.1 Å². The zero-order valence-corrected chi connectivity index (χ0v) is 11.4. The van der Waals surface area contributed by atoms with Gasteiger partial charge < -0.3 is 9.84 Å². The predicted molar refractivity (Wildman–Crippen MR) is 69.1 cm³/mol. The van der Waals surface area contributed by atoms with Gasteiger partial charge in [-0.2, -0.15) is 0 Å². The lowest BCUT2D eigenvalue weighted by Gasteiger charge is -2.14. The zero-order chi connectivity index (χ0) is 13.6. The Morgan fingerprint density at radius 3 is 2.33 bits per heavy atom. The third-order valence-electron chi connectivity index (χ3n) is 2.48. The second-order valence-electron chi connectivity index (χ2n) is 3.81. The second kappa shape index (κ2) is 6.72. The fourth-order valence-corrected chi connectivity index (χ4v) is 2.73. The van der Waals surface area contributed by atoms with Crippen LogP contribution in [0.1, 0.15) is 20.3 Å². The predicted octanol–water partition coefficient (Wildman–Crippen LogP) is 1.13. The molecule has 18 heavy (non-hydrogen) atoms. The Morgan fingerprint density at radius 2 is 1.89 bits per heavy atom. The van der Waals surface area contributed by atoms with Gasteiger partial charge in [0.25, 0.3) is 0 Å². The molecule has 0 radical (unpaired) electrons. The average Bonchev–Trinajstić information content (AvgIpc) is 2.37. The van der Waals surface area contributed by atoms with Crippen LogP contribution in [0.2, 0.25) is 0 Å². The van der Waals surface area contributed by atoms with E-state index in [1.165, 1.54) is 12.1 Å². The summed E-state index contributed by atoms with van der Waals surface area (Å²) in [5, 5.41) is 9.00. The van der Waals surface area contributed by atoms with Crippen molar-refractivity contribution in [2.45, 2.75) is 31.2 Å². The molecule has 1 rings (SSSR count). The van der Waals surface area contributed by atoms with E-state index in [0.29, 0.717) is 18.8 Å².